The van der Waals surface area contributed by atoms with E-state index in [2.05, 4.69) is 10.2 Å². The highest BCUT2D eigenvalue weighted by atomic mass is 32.3. The van der Waals surface area contributed by atoms with Gasteiger partial charge < -0.3 is 15.0 Å². The number of hydrogen-bond acceptors (Lipinski definition) is 7. The first-order chi connectivity index (χ1) is 15.4. The van der Waals surface area contributed by atoms with Gasteiger partial charge in [0.2, 0.25) is 0 Å². The van der Waals surface area contributed by atoms with Crippen LogP contribution in [0.15, 0.2) is 51.5 Å². The smallest absolute Gasteiger partial charge is 0.383 e. The van der Waals surface area contributed by atoms with Crippen molar-refractivity contribution in [2.75, 3.05) is 37.0 Å². The first-order valence-corrected chi connectivity index (χ1v) is 11.0. The third-order valence-electron chi connectivity index (χ3n) is 4.51. The molecule has 0 bridgehead atoms. The van der Waals surface area contributed by atoms with E-state index in [-0.39, 0.29) is 22.6 Å². The van der Waals surface area contributed by atoms with Crippen molar-refractivity contribution in [1.29, 1.82) is 0 Å². The number of hydrogen-bond donors (Lipinski definition) is 1. The van der Waals surface area contributed by atoms with Crippen molar-refractivity contribution in [3.63, 3.8) is 0 Å². The molecule has 0 radical (unpaired) electrons. The van der Waals surface area contributed by atoms with Crippen LogP contribution >= 0.6 is 0 Å². The summed E-state index contributed by atoms with van der Waals surface area (Å²) in [4.78, 5) is 12.7. The predicted molar refractivity (Wildman–Crippen MR) is 115 cm³/mol. The van der Waals surface area contributed by atoms with Gasteiger partial charge in [0.05, 0.1) is 18.0 Å². The van der Waals surface area contributed by atoms with Crippen LogP contribution < -0.4 is 10.2 Å². The van der Waals surface area contributed by atoms with E-state index in [0.717, 1.165) is 6.07 Å². The summed E-state index contributed by atoms with van der Waals surface area (Å²) in [6.07, 6.45) is -5.13. The number of ether oxygens (including phenoxy) is 1. The highest BCUT2D eigenvalue weighted by Crippen LogP contribution is 2.33. The molecule has 2 rings (SSSR count). The molecule has 2 aromatic carbocycles. The van der Waals surface area contributed by atoms with Gasteiger partial charge in [0.15, 0.2) is 0 Å². The molecule has 0 aromatic heterocycles. The third kappa shape index (κ3) is 7.22. The van der Waals surface area contributed by atoms with Crippen LogP contribution in [0.1, 0.15) is 12.5 Å². The van der Waals surface area contributed by atoms with Crippen molar-refractivity contribution in [3.05, 3.63) is 42.0 Å². The summed E-state index contributed by atoms with van der Waals surface area (Å²) in [5.74, 6) is -2.20. The highest BCUT2D eigenvalue weighted by Gasteiger charge is 2.39. The lowest BCUT2D eigenvalue weighted by Crippen LogP contribution is -2.30. The van der Waals surface area contributed by atoms with E-state index >= 15 is 0 Å². The van der Waals surface area contributed by atoms with E-state index in [1.165, 1.54) is 38.3 Å². The van der Waals surface area contributed by atoms with Crippen LogP contribution in [0.5, 0.6) is 0 Å². The Labute approximate surface area is 188 Å². The second-order valence-electron chi connectivity index (χ2n) is 6.81. The maximum Gasteiger partial charge on any atom is 0.471 e. The molecule has 0 aliphatic rings. The summed E-state index contributed by atoms with van der Waals surface area (Å²) in [6.45, 7) is 4.56. The van der Waals surface area contributed by atoms with Crippen LogP contribution in [-0.2, 0) is 19.8 Å². The number of aryl methyl sites for hydroxylation is 1. The van der Waals surface area contributed by atoms with Crippen LogP contribution in [0.25, 0.3) is 0 Å². The monoisotopic (exact) mass is 490 g/mol. The molecule has 0 aliphatic carbocycles. The number of azo groups is 1. The van der Waals surface area contributed by atoms with Gasteiger partial charge in [-0.3, -0.25) is 4.79 Å². The summed E-state index contributed by atoms with van der Waals surface area (Å²) in [7, 11) is -3.49. The summed E-state index contributed by atoms with van der Waals surface area (Å²) in [6, 6.07) is 7.85. The van der Waals surface area contributed by atoms with E-state index in [1.807, 2.05) is 11.8 Å². The molecule has 0 saturated carbocycles. The zero-order valence-electron chi connectivity index (χ0n) is 18.0. The lowest BCUT2D eigenvalue weighted by atomic mass is 10.2. The van der Waals surface area contributed by atoms with Crippen molar-refractivity contribution in [1.82, 2.24) is 0 Å². The molecular formula is C20H22F4N4O4S. The third-order valence-corrected chi connectivity index (χ3v) is 5.47. The number of benzene rings is 2. The Morgan fingerprint density at radius 2 is 1.85 bits per heavy atom. The molecule has 0 saturated heterocycles. The Bertz CT molecular complexity index is 1140. The summed E-state index contributed by atoms with van der Waals surface area (Å²) >= 11 is 0. The van der Waals surface area contributed by atoms with E-state index in [1.54, 1.807) is 11.4 Å². The fourth-order valence-electron chi connectivity index (χ4n) is 2.80. The number of methoxy groups -OCH3 is 1. The number of carbonyl (C=O) groups excluding carboxylic acids is 1. The van der Waals surface area contributed by atoms with Gasteiger partial charge >= 0.3 is 22.3 Å². The van der Waals surface area contributed by atoms with Crippen molar-refractivity contribution >= 4 is 38.9 Å². The van der Waals surface area contributed by atoms with Crippen LogP contribution in [0.2, 0.25) is 0 Å². The minimum atomic E-state index is -5.13. The van der Waals surface area contributed by atoms with Crippen molar-refractivity contribution in [2.24, 2.45) is 10.2 Å². The molecule has 0 fully saturated rings. The normalized spacial score (nSPS) is 12.2. The topological polar surface area (TPSA) is 100 Å². The van der Waals surface area contributed by atoms with Crippen LogP contribution in [0.3, 0.4) is 0 Å². The molecule has 0 unspecified atom stereocenters. The molecule has 2 aromatic rings. The largest absolute Gasteiger partial charge is 0.471 e. The van der Waals surface area contributed by atoms with Crippen LogP contribution in [0, 0.1) is 6.92 Å². The summed E-state index contributed by atoms with van der Waals surface area (Å²) in [5.41, 5.74) is 0.218. The zero-order valence-corrected chi connectivity index (χ0v) is 18.8. The van der Waals surface area contributed by atoms with Crippen molar-refractivity contribution in [3.8, 4) is 0 Å². The fraction of sp³-hybridized carbons (Fsp3) is 0.350. The van der Waals surface area contributed by atoms with Gasteiger partial charge in [-0.25, -0.2) is 0 Å². The molecule has 0 aliphatic heterocycles. The number of likely N-dealkylation sites (N-methyl/N-ethyl adjacent to an activating group) is 1. The highest BCUT2D eigenvalue weighted by molar-refractivity contribution is 7.86. The molecule has 8 nitrogen and oxygen atoms in total. The number of carbonyl (C=O) groups is 1. The van der Waals surface area contributed by atoms with Gasteiger partial charge in [-0.1, -0.05) is 6.07 Å². The molecular weight excluding hydrogens is 468 g/mol. The molecule has 0 heterocycles. The number of alkyl halides is 3. The van der Waals surface area contributed by atoms with Crippen LogP contribution in [0.4, 0.5) is 39.8 Å². The SMILES string of the molecule is CCN(CCOC)c1ccc(N=Nc2ccc(C)c(S(=O)(=O)F)c2)c(NC(=O)C(F)(F)F)c1. The van der Waals surface area contributed by atoms with Crippen molar-refractivity contribution < 1.29 is 35.0 Å². The van der Waals surface area contributed by atoms with Gasteiger partial charge in [-0.05, 0) is 49.7 Å². The van der Waals surface area contributed by atoms with E-state index < -0.39 is 27.2 Å². The lowest BCUT2D eigenvalue weighted by molar-refractivity contribution is -0.167. The van der Waals surface area contributed by atoms with Gasteiger partial charge in [-0.15, -0.1) is 9.00 Å². The van der Waals surface area contributed by atoms with E-state index in [0.29, 0.717) is 25.4 Å². The van der Waals surface area contributed by atoms with Crippen molar-refractivity contribution in [2.45, 2.75) is 24.9 Å². The number of rotatable bonds is 9. The average molecular weight is 490 g/mol. The van der Waals surface area contributed by atoms with Gasteiger partial charge in [0, 0.05) is 25.9 Å². The first kappa shape index (κ1) is 26.2. The van der Waals surface area contributed by atoms with Gasteiger partial charge in [-0.2, -0.15) is 26.7 Å². The first-order valence-electron chi connectivity index (χ1n) is 9.60. The van der Waals surface area contributed by atoms with E-state index in [4.69, 9.17) is 4.74 Å². The average Bonchev–Trinajstić information content (AvgIpc) is 2.73. The number of nitrogens with zero attached hydrogens (tertiary/aromatic N) is 3. The number of halogens is 4. The number of nitrogens with one attached hydrogen (secondary N) is 1. The second-order valence-corrected chi connectivity index (χ2v) is 8.13. The minimum Gasteiger partial charge on any atom is -0.383 e. The van der Waals surface area contributed by atoms with Gasteiger partial charge in [0.1, 0.15) is 10.6 Å². The predicted octanol–water partition coefficient (Wildman–Crippen LogP) is 5.04. The Balaban J connectivity index is 2.47. The second kappa shape index (κ2) is 10.7. The molecule has 180 valence electrons. The molecule has 1 amide bonds. The minimum absolute atomic E-state index is 0.0516. The zero-order chi connectivity index (χ0) is 24.8. The maximum atomic E-state index is 13.4. The summed E-state index contributed by atoms with van der Waals surface area (Å²) < 4.78 is 79.4. The maximum absolute atomic E-state index is 13.4. The standard InChI is InChI=1S/C20H22F4N4O4S/c1-4-28(9-10-32-3)15-7-8-16(17(12-15)25-19(29)20(21,22)23)27-26-14-6-5-13(2)18(11-14)33(24,30)31/h5-8,11-12H,4,9-10H2,1-3H3,(H,25,29). The number of amides is 1. The van der Waals surface area contributed by atoms with Gasteiger partial charge in [0.25, 0.3) is 0 Å². The Hall–Kier alpha value is -3.06. The lowest BCUT2D eigenvalue weighted by Gasteiger charge is -2.23. The molecule has 0 atom stereocenters. The molecule has 33 heavy (non-hydrogen) atoms. The molecule has 0 spiro atoms. The van der Waals surface area contributed by atoms with E-state index in [9.17, 15) is 30.3 Å². The Kier molecular flexibility index (Phi) is 8.50. The molecule has 1 N–H and O–H groups in total. The number of anilines is 2. The Morgan fingerprint density at radius 1 is 1.15 bits per heavy atom. The van der Waals surface area contributed by atoms with Crippen LogP contribution in [-0.4, -0.2) is 47.3 Å². The summed E-state index contributed by atoms with van der Waals surface area (Å²) in [5, 5.41) is 9.40. The molecule has 13 heteroatoms. The fourth-order valence-corrected chi connectivity index (χ4v) is 3.51. The quantitative estimate of drug-likeness (QED) is 0.302. The Morgan fingerprint density at radius 3 is 2.42 bits per heavy atom.